The fraction of sp³-hybridized carbons (Fsp3) is 0.300. The van der Waals surface area contributed by atoms with Gasteiger partial charge in [0.25, 0.3) is 5.91 Å². The molecule has 38 heavy (non-hydrogen) atoms. The molecule has 3 aromatic carbocycles. The molecule has 4 rings (SSSR count). The molecule has 1 atom stereocenters. The van der Waals surface area contributed by atoms with Crippen LogP contribution in [0.2, 0.25) is 5.02 Å². The molecule has 0 aromatic heterocycles. The maximum Gasteiger partial charge on any atom is 0.326 e. The highest BCUT2D eigenvalue weighted by Gasteiger charge is 2.40. The molecular formula is C30H31ClN2O5. The van der Waals surface area contributed by atoms with Crippen LogP contribution in [-0.2, 0) is 22.4 Å². The largest absolute Gasteiger partial charge is 0.493 e. The fourth-order valence-electron chi connectivity index (χ4n) is 4.96. The molecular weight excluding hydrogens is 504 g/mol. The van der Waals surface area contributed by atoms with Gasteiger partial charge in [-0.05, 0) is 79.3 Å². The number of carboxylic acids is 1. The molecule has 0 unspecified atom stereocenters. The Kier molecular flexibility index (Phi) is 8.07. The first-order chi connectivity index (χ1) is 18.0. The number of benzene rings is 3. The average Bonchev–Trinajstić information content (AvgIpc) is 3.35. The zero-order valence-corrected chi connectivity index (χ0v) is 22.2. The van der Waals surface area contributed by atoms with E-state index in [0.717, 1.165) is 28.9 Å². The Morgan fingerprint density at radius 1 is 1.03 bits per heavy atom. The summed E-state index contributed by atoms with van der Waals surface area (Å²) in [6.45, 7) is 4.31. The minimum absolute atomic E-state index is 0.0896. The number of amides is 2. The third kappa shape index (κ3) is 6.17. The van der Waals surface area contributed by atoms with Crippen LogP contribution < -0.4 is 10.5 Å². The molecule has 0 bridgehead atoms. The Hall–Kier alpha value is -3.84. The number of ether oxygens (including phenoxy) is 1. The second-order valence-electron chi connectivity index (χ2n) is 10.1. The number of carbonyl (C=O) groups is 3. The Bertz CT molecular complexity index is 1340. The van der Waals surface area contributed by atoms with Gasteiger partial charge in [0.05, 0.1) is 6.61 Å². The number of carbonyl (C=O) groups excluding carboxylic acids is 2. The molecule has 3 N–H and O–H groups in total. The Balaban J connectivity index is 1.66. The Morgan fingerprint density at radius 2 is 1.68 bits per heavy atom. The first kappa shape index (κ1) is 27.2. The standard InChI is InChI=1S/C30H31ClN2O5/c1-30(2,18-19-3-11-24(31)12-4-19)33(25(29(36)37)13-14-27(32)34)28(35)22-8-5-20(6-9-22)23-10-7-21-15-16-38-26(21)17-23/h3-12,17,25H,13-16,18H2,1-2H3,(H2,32,34)(H,36,37)/t25-/m0/s1. The number of nitrogens with two attached hydrogens (primary N) is 1. The van der Waals surface area contributed by atoms with Crippen molar-refractivity contribution in [2.24, 2.45) is 5.73 Å². The lowest BCUT2D eigenvalue weighted by molar-refractivity contribution is -0.144. The zero-order valence-electron chi connectivity index (χ0n) is 21.4. The number of rotatable bonds is 10. The van der Waals surface area contributed by atoms with Crippen LogP contribution in [0.4, 0.5) is 0 Å². The van der Waals surface area contributed by atoms with Crippen LogP contribution in [0.3, 0.4) is 0 Å². The number of halogens is 1. The third-order valence-corrected chi connectivity index (χ3v) is 7.10. The molecule has 0 spiro atoms. The molecule has 0 saturated carbocycles. The van der Waals surface area contributed by atoms with Gasteiger partial charge in [-0.3, -0.25) is 9.59 Å². The monoisotopic (exact) mass is 534 g/mol. The van der Waals surface area contributed by atoms with Crippen LogP contribution in [0, 0.1) is 0 Å². The summed E-state index contributed by atoms with van der Waals surface area (Å²) in [7, 11) is 0. The highest BCUT2D eigenvalue weighted by atomic mass is 35.5. The van der Waals surface area contributed by atoms with Gasteiger partial charge in [0.15, 0.2) is 0 Å². The minimum atomic E-state index is -1.24. The maximum atomic E-state index is 13.9. The van der Waals surface area contributed by atoms with Gasteiger partial charge in [0.1, 0.15) is 11.8 Å². The highest BCUT2D eigenvalue weighted by Crippen LogP contribution is 2.32. The summed E-state index contributed by atoms with van der Waals surface area (Å²) in [5, 5.41) is 10.7. The maximum absolute atomic E-state index is 13.9. The van der Waals surface area contributed by atoms with Gasteiger partial charge < -0.3 is 20.5 Å². The van der Waals surface area contributed by atoms with Crippen LogP contribution in [-0.4, -0.2) is 46.0 Å². The molecule has 0 radical (unpaired) electrons. The fourth-order valence-corrected chi connectivity index (χ4v) is 5.08. The molecule has 1 heterocycles. The van der Waals surface area contributed by atoms with Crippen molar-refractivity contribution in [3.63, 3.8) is 0 Å². The smallest absolute Gasteiger partial charge is 0.326 e. The third-order valence-electron chi connectivity index (χ3n) is 6.84. The van der Waals surface area contributed by atoms with E-state index in [1.807, 2.05) is 56.3 Å². The molecule has 3 aromatic rings. The van der Waals surface area contributed by atoms with E-state index < -0.39 is 29.4 Å². The van der Waals surface area contributed by atoms with E-state index in [1.165, 1.54) is 10.5 Å². The van der Waals surface area contributed by atoms with E-state index in [2.05, 4.69) is 0 Å². The van der Waals surface area contributed by atoms with Gasteiger partial charge in [0.2, 0.25) is 5.91 Å². The van der Waals surface area contributed by atoms with E-state index in [1.54, 1.807) is 24.3 Å². The molecule has 2 amide bonds. The van der Waals surface area contributed by atoms with Crippen LogP contribution in [0.25, 0.3) is 11.1 Å². The molecule has 0 fully saturated rings. The van der Waals surface area contributed by atoms with Crippen molar-refractivity contribution in [2.45, 2.75) is 51.1 Å². The van der Waals surface area contributed by atoms with Crippen molar-refractivity contribution < 1.29 is 24.2 Å². The molecule has 8 heteroatoms. The van der Waals surface area contributed by atoms with Crippen LogP contribution in [0.5, 0.6) is 5.75 Å². The number of carboxylic acid groups (broad SMARTS) is 1. The predicted octanol–water partition coefficient (Wildman–Crippen LogP) is 5.12. The molecule has 198 valence electrons. The van der Waals surface area contributed by atoms with Gasteiger partial charge in [-0.15, -0.1) is 0 Å². The molecule has 1 aliphatic heterocycles. The highest BCUT2D eigenvalue weighted by molar-refractivity contribution is 6.30. The van der Waals surface area contributed by atoms with Crippen LogP contribution in [0.1, 0.15) is 48.2 Å². The number of hydrogen-bond acceptors (Lipinski definition) is 4. The zero-order chi connectivity index (χ0) is 27.4. The van der Waals surface area contributed by atoms with Crippen molar-refractivity contribution in [2.75, 3.05) is 6.61 Å². The first-order valence-electron chi connectivity index (χ1n) is 12.5. The second-order valence-corrected chi connectivity index (χ2v) is 10.6. The van der Waals surface area contributed by atoms with Crippen molar-refractivity contribution in [1.29, 1.82) is 0 Å². The lowest BCUT2D eigenvalue weighted by Crippen LogP contribution is -2.57. The Morgan fingerprint density at radius 3 is 2.32 bits per heavy atom. The van der Waals surface area contributed by atoms with Crippen molar-refractivity contribution in [3.05, 3.63) is 88.4 Å². The number of nitrogens with zero attached hydrogens (tertiary/aromatic N) is 1. The topological polar surface area (TPSA) is 110 Å². The molecule has 7 nitrogen and oxygen atoms in total. The SMILES string of the molecule is CC(C)(Cc1ccc(Cl)cc1)N(C(=O)c1ccc(-c2ccc3c(c2)OCC3)cc1)[C@@H](CCC(N)=O)C(=O)O. The van der Waals surface area contributed by atoms with Gasteiger partial charge >= 0.3 is 5.97 Å². The van der Waals surface area contributed by atoms with E-state index >= 15 is 0 Å². The van der Waals surface area contributed by atoms with Gasteiger partial charge in [-0.25, -0.2) is 4.79 Å². The second kappa shape index (κ2) is 11.3. The summed E-state index contributed by atoms with van der Waals surface area (Å²) in [4.78, 5) is 39.2. The lowest BCUT2D eigenvalue weighted by Gasteiger charge is -2.42. The predicted molar refractivity (Wildman–Crippen MR) is 146 cm³/mol. The van der Waals surface area contributed by atoms with E-state index in [9.17, 15) is 19.5 Å². The molecule has 0 aliphatic carbocycles. The first-order valence-corrected chi connectivity index (χ1v) is 12.9. The van der Waals surface area contributed by atoms with Crippen molar-refractivity contribution in [1.82, 2.24) is 4.90 Å². The summed E-state index contributed by atoms with van der Waals surface area (Å²) in [5.41, 5.74) is 8.71. The summed E-state index contributed by atoms with van der Waals surface area (Å²) in [6, 6.07) is 19.1. The van der Waals surface area contributed by atoms with E-state index in [4.69, 9.17) is 22.1 Å². The normalized spacial score (nSPS) is 13.3. The number of primary amides is 1. The quantitative estimate of drug-likeness (QED) is 0.375. The minimum Gasteiger partial charge on any atom is -0.493 e. The number of hydrogen-bond donors (Lipinski definition) is 2. The summed E-state index contributed by atoms with van der Waals surface area (Å²) < 4.78 is 5.68. The number of aliphatic carboxylic acids is 1. The van der Waals surface area contributed by atoms with Crippen molar-refractivity contribution in [3.8, 4) is 16.9 Å². The van der Waals surface area contributed by atoms with Gasteiger partial charge in [0, 0.05) is 29.0 Å². The summed E-state index contributed by atoms with van der Waals surface area (Å²) >= 11 is 6.03. The summed E-state index contributed by atoms with van der Waals surface area (Å²) in [5.74, 6) is -1.39. The van der Waals surface area contributed by atoms with Crippen LogP contribution in [0.15, 0.2) is 66.7 Å². The lowest BCUT2D eigenvalue weighted by atomic mass is 9.89. The van der Waals surface area contributed by atoms with Crippen LogP contribution >= 0.6 is 11.6 Å². The summed E-state index contributed by atoms with van der Waals surface area (Å²) in [6.07, 6.45) is 1.03. The van der Waals surface area contributed by atoms with Gasteiger partial charge in [-0.2, -0.15) is 0 Å². The van der Waals surface area contributed by atoms with Crippen molar-refractivity contribution >= 4 is 29.4 Å². The van der Waals surface area contributed by atoms with E-state index in [0.29, 0.717) is 23.6 Å². The Labute approximate surface area is 227 Å². The molecule has 0 saturated heterocycles. The van der Waals surface area contributed by atoms with E-state index in [-0.39, 0.29) is 12.8 Å². The molecule has 1 aliphatic rings. The number of fused-ring (bicyclic) bond motifs is 1. The van der Waals surface area contributed by atoms with Gasteiger partial charge in [-0.1, -0.05) is 48.0 Å². The average molecular weight is 535 g/mol.